The predicted molar refractivity (Wildman–Crippen MR) is 55.6 cm³/mol. The molecule has 0 amide bonds. The molecule has 0 aliphatic heterocycles. The van der Waals surface area contributed by atoms with E-state index in [0.717, 1.165) is 12.1 Å². The minimum Gasteiger partial charge on any atom is -0.258 e. The first kappa shape index (κ1) is 12.2. The van der Waals surface area contributed by atoms with Crippen molar-refractivity contribution >= 4 is 28.3 Å². The maximum atomic E-state index is 12.4. The number of benzene rings is 1. The van der Waals surface area contributed by atoms with Crippen molar-refractivity contribution in [1.82, 2.24) is 0 Å². The Balaban J connectivity index is 3.39. The Kier molecular flexibility index (Phi) is 3.22. The van der Waals surface area contributed by atoms with E-state index in [1.54, 1.807) is 0 Å². The number of nitro benzene ring substituents is 1. The lowest BCUT2D eigenvalue weighted by atomic mass is 10.1. The topological polar surface area (TPSA) is 43.1 Å². The molecule has 7 heteroatoms. The van der Waals surface area contributed by atoms with Gasteiger partial charge in [0.15, 0.2) is 0 Å². The highest BCUT2D eigenvalue weighted by Crippen LogP contribution is 2.35. The number of alkyl halides is 3. The third-order valence-electron chi connectivity index (χ3n) is 1.79. The van der Waals surface area contributed by atoms with Crippen molar-refractivity contribution in [3.8, 4) is 0 Å². The van der Waals surface area contributed by atoms with Gasteiger partial charge in [-0.3, -0.25) is 10.1 Å². The van der Waals surface area contributed by atoms with Crippen molar-refractivity contribution < 1.29 is 18.1 Å². The summed E-state index contributed by atoms with van der Waals surface area (Å²) in [5.74, 6) is 0. The monoisotopic (exact) mass is 331 g/mol. The fourth-order valence-electron chi connectivity index (χ4n) is 1.08. The Morgan fingerprint density at radius 2 is 1.93 bits per heavy atom. The van der Waals surface area contributed by atoms with E-state index in [2.05, 4.69) is 0 Å². The Hall–Kier alpha value is -0.860. The summed E-state index contributed by atoms with van der Waals surface area (Å²) in [6.45, 7) is 1.28. The van der Waals surface area contributed by atoms with Gasteiger partial charge in [-0.15, -0.1) is 0 Å². The van der Waals surface area contributed by atoms with Gasteiger partial charge in [-0.2, -0.15) is 13.2 Å². The lowest BCUT2D eigenvalue weighted by molar-refractivity contribution is -0.385. The van der Waals surface area contributed by atoms with Crippen LogP contribution in [0.25, 0.3) is 0 Å². The van der Waals surface area contributed by atoms with Crippen molar-refractivity contribution in [2.75, 3.05) is 0 Å². The molecule has 0 saturated carbocycles. The SMILES string of the molecule is Cc1cc(C(F)(F)F)c(I)cc1[N+](=O)[O-]. The number of aryl methyl sites for hydroxylation is 1. The second kappa shape index (κ2) is 3.95. The molecule has 82 valence electrons. The average Bonchev–Trinajstić information content (AvgIpc) is 2.06. The van der Waals surface area contributed by atoms with Crippen LogP contribution < -0.4 is 0 Å². The minimum absolute atomic E-state index is 0.00717. The summed E-state index contributed by atoms with van der Waals surface area (Å²) in [6.07, 6.45) is -4.48. The number of hydrogen-bond acceptors (Lipinski definition) is 2. The molecule has 0 bridgehead atoms. The van der Waals surface area contributed by atoms with Crippen LogP contribution in [0.3, 0.4) is 0 Å². The molecule has 0 heterocycles. The number of nitrogens with zero attached hydrogens (tertiary/aromatic N) is 1. The van der Waals surface area contributed by atoms with Crippen LogP contribution in [0.15, 0.2) is 12.1 Å². The fraction of sp³-hybridized carbons (Fsp3) is 0.250. The zero-order valence-electron chi connectivity index (χ0n) is 7.43. The summed E-state index contributed by atoms with van der Waals surface area (Å²) in [5.41, 5.74) is -1.13. The summed E-state index contributed by atoms with van der Waals surface area (Å²) in [5, 5.41) is 10.5. The van der Waals surface area contributed by atoms with Crippen LogP contribution in [-0.4, -0.2) is 4.92 Å². The summed E-state index contributed by atoms with van der Waals surface area (Å²) in [4.78, 5) is 9.76. The highest BCUT2D eigenvalue weighted by atomic mass is 127. The average molecular weight is 331 g/mol. The maximum absolute atomic E-state index is 12.4. The largest absolute Gasteiger partial charge is 0.417 e. The van der Waals surface area contributed by atoms with Crippen molar-refractivity contribution in [1.29, 1.82) is 0 Å². The normalized spacial score (nSPS) is 11.5. The lowest BCUT2D eigenvalue weighted by Crippen LogP contribution is -2.08. The van der Waals surface area contributed by atoms with E-state index in [1.807, 2.05) is 0 Å². The maximum Gasteiger partial charge on any atom is 0.417 e. The molecular formula is C8H5F3INO2. The minimum atomic E-state index is -4.48. The van der Waals surface area contributed by atoms with Gasteiger partial charge >= 0.3 is 6.18 Å². The predicted octanol–water partition coefficient (Wildman–Crippen LogP) is 3.53. The molecule has 0 aromatic heterocycles. The van der Waals surface area contributed by atoms with Crippen LogP contribution in [0, 0.1) is 20.6 Å². The van der Waals surface area contributed by atoms with E-state index in [-0.39, 0.29) is 14.8 Å². The van der Waals surface area contributed by atoms with Crippen LogP contribution in [0.1, 0.15) is 11.1 Å². The summed E-state index contributed by atoms with van der Waals surface area (Å²) < 4.78 is 37.0. The van der Waals surface area contributed by atoms with Crippen molar-refractivity contribution in [2.45, 2.75) is 13.1 Å². The van der Waals surface area contributed by atoms with Crippen molar-refractivity contribution in [3.63, 3.8) is 0 Å². The second-order valence-electron chi connectivity index (χ2n) is 2.87. The quantitative estimate of drug-likeness (QED) is 0.449. The Bertz CT molecular complexity index is 417. The summed E-state index contributed by atoms with van der Waals surface area (Å²) in [7, 11) is 0. The molecule has 1 aromatic carbocycles. The van der Waals surface area contributed by atoms with Gasteiger partial charge in [-0.05, 0) is 35.6 Å². The van der Waals surface area contributed by atoms with Gasteiger partial charge in [0.1, 0.15) is 0 Å². The van der Waals surface area contributed by atoms with E-state index in [0.29, 0.717) is 0 Å². The summed E-state index contributed by atoms with van der Waals surface area (Å²) in [6, 6.07) is 1.72. The molecule has 0 atom stereocenters. The molecule has 1 rings (SSSR count). The van der Waals surface area contributed by atoms with Gasteiger partial charge in [-0.1, -0.05) is 0 Å². The highest BCUT2D eigenvalue weighted by Gasteiger charge is 2.34. The zero-order valence-corrected chi connectivity index (χ0v) is 9.59. The highest BCUT2D eigenvalue weighted by molar-refractivity contribution is 14.1. The zero-order chi connectivity index (χ0) is 11.8. The molecule has 0 saturated heterocycles. The second-order valence-corrected chi connectivity index (χ2v) is 4.04. The standard InChI is InChI=1S/C8H5F3INO2/c1-4-2-5(8(9,10)11)6(12)3-7(4)13(14)15/h2-3H,1H3. The third-order valence-corrected chi connectivity index (χ3v) is 2.68. The summed E-state index contributed by atoms with van der Waals surface area (Å²) >= 11 is 1.44. The van der Waals surface area contributed by atoms with Gasteiger partial charge in [0.25, 0.3) is 5.69 Å². The molecular weight excluding hydrogens is 326 g/mol. The molecule has 3 nitrogen and oxygen atoms in total. The molecule has 0 spiro atoms. The number of hydrogen-bond donors (Lipinski definition) is 0. The van der Waals surface area contributed by atoms with E-state index in [1.165, 1.54) is 29.5 Å². The van der Waals surface area contributed by atoms with Gasteiger partial charge in [-0.25, -0.2) is 0 Å². The molecule has 0 aliphatic carbocycles. The number of nitro groups is 1. The molecule has 0 aliphatic rings. The molecule has 1 aromatic rings. The van der Waals surface area contributed by atoms with Gasteiger partial charge in [0.2, 0.25) is 0 Å². The first-order valence-corrected chi connectivity index (χ1v) is 4.83. The Labute approximate surface area is 96.6 Å². The molecule has 0 radical (unpaired) electrons. The van der Waals surface area contributed by atoms with Crippen LogP contribution in [0.4, 0.5) is 18.9 Å². The van der Waals surface area contributed by atoms with Crippen LogP contribution in [0.5, 0.6) is 0 Å². The van der Waals surface area contributed by atoms with E-state index in [9.17, 15) is 23.3 Å². The Morgan fingerprint density at radius 1 is 1.40 bits per heavy atom. The Morgan fingerprint density at radius 3 is 2.33 bits per heavy atom. The van der Waals surface area contributed by atoms with Crippen molar-refractivity contribution in [3.05, 3.63) is 36.9 Å². The molecule has 0 fully saturated rings. The third kappa shape index (κ3) is 2.58. The van der Waals surface area contributed by atoms with E-state index < -0.39 is 16.7 Å². The molecule has 15 heavy (non-hydrogen) atoms. The van der Waals surface area contributed by atoms with Gasteiger partial charge in [0.05, 0.1) is 10.5 Å². The van der Waals surface area contributed by atoms with E-state index >= 15 is 0 Å². The number of halogens is 4. The van der Waals surface area contributed by atoms with Crippen LogP contribution >= 0.6 is 22.6 Å². The van der Waals surface area contributed by atoms with Crippen LogP contribution in [0.2, 0.25) is 0 Å². The smallest absolute Gasteiger partial charge is 0.258 e. The first-order chi connectivity index (χ1) is 6.73. The van der Waals surface area contributed by atoms with Crippen LogP contribution in [-0.2, 0) is 6.18 Å². The molecule has 0 N–H and O–H groups in total. The number of rotatable bonds is 1. The van der Waals surface area contributed by atoms with Gasteiger partial charge < -0.3 is 0 Å². The molecule has 0 unspecified atom stereocenters. The first-order valence-electron chi connectivity index (χ1n) is 3.75. The van der Waals surface area contributed by atoms with Crippen molar-refractivity contribution in [2.24, 2.45) is 0 Å². The lowest BCUT2D eigenvalue weighted by Gasteiger charge is -2.09. The fourth-order valence-corrected chi connectivity index (χ4v) is 1.84. The van der Waals surface area contributed by atoms with Gasteiger partial charge in [0, 0.05) is 15.2 Å². The van der Waals surface area contributed by atoms with E-state index in [4.69, 9.17) is 0 Å².